The van der Waals surface area contributed by atoms with E-state index in [0.29, 0.717) is 13.2 Å². The maximum atomic E-state index is 5.46. The highest BCUT2D eigenvalue weighted by atomic mass is 16.8. The molecule has 1 aliphatic heterocycles. The Balaban J connectivity index is 2.11. The fraction of sp³-hybridized carbons (Fsp3) is 1.00. The molecule has 1 N–H and O–H groups in total. The molecular formula is C8H17NO3. The van der Waals surface area contributed by atoms with Gasteiger partial charge in [0.2, 0.25) is 0 Å². The second-order valence-electron chi connectivity index (χ2n) is 2.62. The van der Waals surface area contributed by atoms with E-state index in [2.05, 4.69) is 5.32 Å². The number of nitrogens with one attached hydrogen (secondary N) is 1. The van der Waals surface area contributed by atoms with Crippen LogP contribution in [-0.2, 0) is 14.2 Å². The summed E-state index contributed by atoms with van der Waals surface area (Å²) in [5.41, 5.74) is 0. The molecule has 0 aromatic carbocycles. The Morgan fingerprint density at radius 2 is 1.83 bits per heavy atom. The Morgan fingerprint density at radius 3 is 2.17 bits per heavy atom. The average molecular weight is 175 g/mol. The summed E-state index contributed by atoms with van der Waals surface area (Å²) in [5.74, 6) is 0. The Labute approximate surface area is 73.2 Å². The Morgan fingerprint density at radius 1 is 1.25 bits per heavy atom. The van der Waals surface area contributed by atoms with Crippen molar-refractivity contribution in [3.05, 3.63) is 0 Å². The summed E-state index contributed by atoms with van der Waals surface area (Å²) in [6.07, 6.45) is 0.257. The van der Waals surface area contributed by atoms with E-state index < -0.39 is 6.48 Å². The van der Waals surface area contributed by atoms with Crippen LogP contribution >= 0.6 is 0 Å². The molecule has 1 heterocycles. The molecule has 1 fully saturated rings. The lowest BCUT2D eigenvalue weighted by Crippen LogP contribution is -2.50. The van der Waals surface area contributed by atoms with Crippen molar-refractivity contribution in [1.29, 1.82) is 0 Å². The SMILES string of the molecule is CCOC(OCC)OC1CNC1. The summed E-state index contributed by atoms with van der Waals surface area (Å²) in [6.45, 7) is 6.40. The highest BCUT2D eigenvalue weighted by Gasteiger charge is 2.22. The van der Waals surface area contributed by atoms with Crippen molar-refractivity contribution in [3.8, 4) is 0 Å². The number of rotatable bonds is 6. The number of ether oxygens (including phenoxy) is 3. The lowest BCUT2D eigenvalue weighted by Gasteiger charge is -2.30. The number of hydrogen-bond acceptors (Lipinski definition) is 4. The third kappa shape index (κ3) is 3.06. The molecule has 0 amide bonds. The molecule has 0 aromatic heterocycles. The average Bonchev–Trinajstić information content (AvgIpc) is 1.97. The summed E-state index contributed by atoms with van der Waals surface area (Å²) in [5, 5.41) is 3.11. The Bertz CT molecular complexity index is 111. The van der Waals surface area contributed by atoms with Gasteiger partial charge in [0.15, 0.2) is 0 Å². The Kier molecular flexibility index (Phi) is 4.53. The summed E-state index contributed by atoms with van der Waals surface area (Å²) < 4.78 is 15.9. The van der Waals surface area contributed by atoms with Crippen LogP contribution in [0.4, 0.5) is 0 Å². The molecule has 0 aromatic rings. The summed E-state index contributed by atoms with van der Waals surface area (Å²) >= 11 is 0. The monoisotopic (exact) mass is 175 g/mol. The van der Waals surface area contributed by atoms with Crippen molar-refractivity contribution in [2.75, 3.05) is 26.3 Å². The fourth-order valence-electron chi connectivity index (χ4n) is 0.914. The molecule has 1 saturated heterocycles. The van der Waals surface area contributed by atoms with E-state index in [4.69, 9.17) is 14.2 Å². The van der Waals surface area contributed by atoms with Gasteiger partial charge in [0, 0.05) is 26.3 Å². The second kappa shape index (κ2) is 5.48. The molecule has 0 spiro atoms. The van der Waals surface area contributed by atoms with Crippen molar-refractivity contribution in [2.45, 2.75) is 26.4 Å². The van der Waals surface area contributed by atoms with E-state index in [1.807, 2.05) is 13.8 Å². The van der Waals surface area contributed by atoms with Crippen LogP contribution in [0.3, 0.4) is 0 Å². The molecule has 0 radical (unpaired) electrons. The van der Waals surface area contributed by atoms with Crippen molar-refractivity contribution < 1.29 is 14.2 Å². The third-order valence-corrected chi connectivity index (χ3v) is 1.65. The predicted molar refractivity (Wildman–Crippen MR) is 44.8 cm³/mol. The Hall–Kier alpha value is -0.160. The van der Waals surface area contributed by atoms with Crippen LogP contribution in [0.15, 0.2) is 0 Å². The zero-order chi connectivity index (χ0) is 8.81. The highest BCUT2D eigenvalue weighted by Crippen LogP contribution is 2.05. The smallest absolute Gasteiger partial charge is 0.271 e. The summed E-state index contributed by atoms with van der Waals surface area (Å²) in [6, 6.07) is 0. The molecule has 0 saturated carbocycles. The van der Waals surface area contributed by atoms with Gasteiger partial charge in [-0.25, -0.2) is 0 Å². The first-order valence-corrected chi connectivity index (χ1v) is 4.46. The van der Waals surface area contributed by atoms with Gasteiger partial charge in [0.25, 0.3) is 6.48 Å². The largest absolute Gasteiger partial charge is 0.330 e. The lowest BCUT2D eigenvalue weighted by atomic mass is 10.2. The van der Waals surface area contributed by atoms with Gasteiger partial charge >= 0.3 is 0 Å². The van der Waals surface area contributed by atoms with Gasteiger partial charge in [-0.3, -0.25) is 0 Å². The third-order valence-electron chi connectivity index (χ3n) is 1.65. The zero-order valence-electron chi connectivity index (χ0n) is 7.71. The van der Waals surface area contributed by atoms with Crippen LogP contribution in [0.25, 0.3) is 0 Å². The molecule has 1 rings (SSSR count). The van der Waals surface area contributed by atoms with Crippen LogP contribution in [0.1, 0.15) is 13.8 Å². The highest BCUT2D eigenvalue weighted by molar-refractivity contribution is 4.74. The van der Waals surface area contributed by atoms with E-state index in [1.54, 1.807) is 0 Å². The van der Waals surface area contributed by atoms with E-state index in [9.17, 15) is 0 Å². The van der Waals surface area contributed by atoms with Crippen LogP contribution in [0.5, 0.6) is 0 Å². The maximum Gasteiger partial charge on any atom is 0.271 e. The van der Waals surface area contributed by atoms with Gasteiger partial charge in [-0.15, -0.1) is 0 Å². The molecule has 4 nitrogen and oxygen atoms in total. The lowest BCUT2D eigenvalue weighted by molar-refractivity contribution is -0.305. The van der Waals surface area contributed by atoms with Gasteiger partial charge in [0.05, 0.1) is 6.10 Å². The minimum atomic E-state index is -0.480. The van der Waals surface area contributed by atoms with Crippen LogP contribution in [-0.4, -0.2) is 38.9 Å². The predicted octanol–water partition coefficient (Wildman–Crippen LogP) is 0.331. The van der Waals surface area contributed by atoms with Crippen molar-refractivity contribution >= 4 is 0 Å². The first-order chi connectivity index (χ1) is 5.86. The quantitative estimate of drug-likeness (QED) is 0.591. The number of hydrogen-bond donors (Lipinski definition) is 1. The molecule has 4 heteroatoms. The van der Waals surface area contributed by atoms with Crippen LogP contribution in [0.2, 0.25) is 0 Å². The minimum Gasteiger partial charge on any atom is -0.330 e. The first kappa shape index (κ1) is 9.92. The van der Waals surface area contributed by atoms with Crippen LogP contribution in [0, 0.1) is 0 Å². The minimum absolute atomic E-state index is 0.257. The normalized spacial score (nSPS) is 18.2. The van der Waals surface area contributed by atoms with Gasteiger partial charge in [0.1, 0.15) is 0 Å². The van der Waals surface area contributed by atoms with E-state index in [0.717, 1.165) is 13.1 Å². The maximum absolute atomic E-state index is 5.46. The summed E-state index contributed by atoms with van der Waals surface area (Å²) in [4.78, 5) is 0. The van der Waals surface area contributed by atoms with Gasteiger partial charge < -0.3 is 19.5 Å². The molecule has 0 unspecified atom stereocenters. The molecule has 1 aliphatic rings. The first-order valence-electron chi connectivity index (χ1n) is 4.46. The molecule has 0 atom stereocenters. The zero-order valence-corrected chi connectivity index (χ0v) is 7.71. The fourth-order valence-corrected chi connectivity index (χ4v) is 0.914. The van der Waals surface area contributed by atoms with Gasteiger partial charge in [-0.05, 0) is 13.8 Å². The van der Waals surface area contributed by atoms with E-state index >= 15 is 0 Å². The molecule has 12 heavy (non-hydrogen) atoms. The molecule has 72 valence electrons. The van der Waals surface area contributed by atoms with E-state index in [-0.39, 0.29) is 6.10 Å². The van der Waals surface area contributed by atoms with Gasteiger partial charge in [-0.1, -0.05) is 0 Å². The summed E-state index contributed by atoms with van der Waals surface area (Å²) in [7, 11) is 0. The van der Waals surface area contributed by atoms with Crippen molar-refractivity contribution in [1.82, 2.24) is 5.32 Å². The van der Waals surface area contributed by atoms with E-state index in [1.165, 1.54) is 0 Å². The molecular weight excluding hydrogens is 158 g/mol. The molecule has 0 bridgehead atoms. The van der Waals surface area contributed by atoms with Crippen LogP contribution < -0.4 is 5.32 Å². The van der Waals surface area contributed by atoms with Crippen molar-refractivity contribution in [2.24, 2.45) is 0 Å². The second-order valence-corrected chi connectivity index (χ2v) is 2.62. The van der Waals surface area contributed by atoms with Gasteiger partial charge in [-0.2, -0.15) is 0 Å². The topological polar surface area (TPSA) is 39.7 Å². The standard InChI is InChI=1S/C8H17NO3/c1-3-10-8(11-4-2)12-7-5-9-6-7/h7-9H,3-6H2,1-2H3. The molecule has 0 aliphatic carbocycles. The van der Waals surface area contributed by atoms with Crippen molar-refractivity contribution in [3.63, 3.8) is 0 Å².